The maximum Gasteiger partial charge on any atom is 0.316 e. The number of hydrogen-bond acceptors (Lipinski definition) is 6. The lowest BCUT2D eigenvalue weighted by atomic mass is 9.88. The molecule has 0 aliphatic carbocycles. The first-order valence-corrected chi connectivity index (χ1v) is 13.8. The molecule has 0 aliphatic rings. The Morgan fingerprint density at radius 2 is 1.52 bits per heavy atom. The summed E-state index contributed by atoms with van der Waals surface area (Å²) >= 11 is 0. The van der Waals surface area contributed by atoms with E-state index in [4.69, 9.17) is 14.5 Å². The van der Waals surface area contributed by atoms with Gasteiger partial charge in [0.2, 0.25) is 0 Å². The van der Waals surface area contributed by atoms with E-state index < -0.39 is 17.1 Å². The second-order valence-corrected chi connectivity index (χ2v) is 11.2. The number of esters is 1. The number of aliphatic hydroxyl groups excluding tert-OH is 1. The maximum absolute atomic E-state index is 13.0. The van der Waals surface area contributed by atoms with Crippen LogP contribution in [0.2, 0.25) is 0 Å². The summed E-state index contributed by atoms with van der Waals surface area (Å²) in [6.45, 7) is 9.26. The van der Waals surface area contributed by atoms with Crippen LogP contribution >= 0.6 is 0 Å². The molecule has 0 saturated carbocycles. The highest BCUT2D eigenvalue weighted by molar-refractivity contribution is 6.12. The Bertz CT molecular complexity index is 1540. The summed E-state index contributed by atoms with van der Waals surface area (Å²) in [4.78, 5) is 17.7. The number of phenolic OH excluding ortho intramolecular Hbond substituents is 1. The first kappa shape index (κ1) is 29.2. The van der Waals surface area contributed by atoms with Crippen molar-refractivity contribution in [2.75, 3.05) is 13.7 Å². The number of aliphatic imine (C=N–C) groups is 1. The first-order valence-electron chi connectivity index (χ1n) is 13.8. The van der Waals surface area contributed by atoms with Gasteiger partial charge >= 0.3 is 5.97 Å². The predicted molar refractivity (Wildman–Crippen MR) is 162 cm³/mol. The van der Waals surface area contributed by atoms with Gasteiger partial charge in [0.1, 0.15) is 17.5 Å². The Morgan fingerprint density at radius 1 is 0.925 bits per heavy atom. The molecule has 4 aromatic rings. The third-order valence-electron chi connectivity index (χ3n) is 7.78. The molecule has 4 aromatic carbocycles. The van der Waals surface area contributed by atoms with Crippen molar-refractivity contribution in [3.63, 3.8) is 0 Å². The smallest absolute Gasteiger partial charge is 0.316 e. The van der Waals surface area contributed by atoms with Crippen molar-refractivity contribution in [1.29, 1.82) is 0 Å². The number of carbonyl (C=O) groups is 1. The van der Waals surface area contributed by atoms with E-state index in [9.17, 15) is 15.0 Å². The molecule has 0 aromatic heterocycles. The molecule has 0 amide bonds. The number of methoxy groups -OCH3 is 1. The minimum atomic E-state index is -0.715. The predicted octanol–water partition coefficient (Wildman–Crippen LogP) is 7.30. The SMILES string of the molecule is CCC(CC)(OC)[C@H](CO)N=Cc1cc2ccccc2c(-c2c(OC(=O)C(C)(C)C)ccc3ccccc23)c1O. The molecular formula is C34H39NO5. The lowest BCUT2D eigenvalue weighted by Crippen LogP contribution is -2.44. The molecule has 0 bridgehead atoms. The first-order chi connectivity index (χ1) is 19.1. The minimum absolute atomic E-state index is 0.0135. The summed E-state index contributed by atoms with van der Waals surface area (Å²) in [6.07, 6.45) is 2.96. The summed E-state index contributed by atoms with van der Waals surface area (Å²) in [5.74, 6) is 0.0164. The lowest BCUT2D eigenvalue weighted by Gasteiger charge is -2.35. The summed E-state index contributed by atoms with van der Waals surface area (Å²) in [7, 11) is 1.64. The molecule has 4 rings (SSSR count). The van der Waals surface area contributed by atoms with Gasteiger partial charge in [0, 0.05) is 30.0 Å². The molecule has 0 radical (unpaired) electrons. The van der Waals surface area contributed by atoms with Crippen LogP contribution in [0.1, 0.15) is 53.0 Å². The van der Waals surface area contributed by atoms with E-state index in [0.717, 1.165) is 21.5 Å². The van der Waals surface area contributed by atoms with E-state index in [1.807, 2.05) is 95.3 Å². The molecule has 0 unspecified atom stereocenters. The Balaban J connectivity index is 2.00. The second-order valence-electron chi connectivity index (χ2n) is 11.2. The normalized spacial score (nSPS) is 13.3. The van der Waals surface area contributed by atoms with Crippen LogP contribution in [0.15, 0.2) is 71.7 Å². The Hall–Kier alpha value is -3.74. The molecule has 0 aliphatic heterocycles. The van der Waals surface area contributed by atoms with Crippen LogP contribution in [0, 0.1) is 5.41 Å². The molecule has 2 N–H and O–H groups in total. The van der Waals surface area contributed by atoms with Gasteiger partial charge in [-0.3, -0.25) is 9.79 Å². The van der Waals surface area contributed by atoms with Crippen molar-refractivity contribution in [1.82, 2.24) is 0 Å². The zero-order valence-electron chi connectivity index (χ0n) is 24.2. The van der Waals surface area contributed by atoms with Crippen LogP contribution < -0.4 is 4.74 Å². The molecule has 0 spiro atoms. The molecule has 40 heavy (non-hydrogen) atoms. The van der Waals surface area contributed by atoms with Crippen molar-refractivity contribution in [2.45, 2.75) is 59.1 Å². The van der Waals surface area contributed by atoms with Gasteiger partial charge in [-0.05, 0) is 67.3 Å². The fourth-order valence-electron chi connectivity index (χ4n) is 5.22. The third-order valence-corrected chi connectivity index (χ3v) is 7.78. The highest BCUT2D eigenvalue weighted by Gasteiger charge is 2.35. The number of carbonyl (C=O) groups excluding carboxylic acids is 1. The second kappa shape index (κ2) is 11.8. The van der Waals surface area contributed by atoms with Gasteiger partial charge in [-0.15, -0.1) is 0 Å². The fraction of sp³-hybridized carbons (Fsp3) is 0.353. The standard InChI is InChI=1S/C34H39NO5/c1-7-34(8-2,39-6)28(21-36)35-20-24-19-23-14-10-12-16-26(23)30(31(24)37)29-25-15-11-9-13-22(25)17-18-27(29)40-32(38)33(3,4)5/h9-20,28,36-37H,7-8,21H2,1-6H3/t28-/m0/s1. The average molecular weight is 542 g/mol. The number of phenols is 1. The molecule has 0 fully saturated rings. The van der Waals surface area contributed by atoms with Crippen molar-refractivity contribution < 1.29 is 24.5 Å². The number of nitrogens with zero attached hydrogens (tertiary/aromatic N) is 1. The van der Waals surface area contributed by atoms with E-state index in [0.29, 0.717) is 35.3 Å². The number of aliphatic hydroxyl groups is 1. The average Bonchev–Trinajstić information content (AvgIpc) is 2.95. The van der Waals surface area contributed by atoms with E-state index in [2.05, 4.69) is 0 Å². The number of ether oxygens (including phenoxy) is 2. The van der Waals surface area contributed by atoms with E-state index in [1.54, 1.807) is 19.4 Å². The van der Waals surface area contributed by atoms with Crippen LogP contribution in [0.4, 0.5) is 0 Å². The van der Waals surface area contributed by atoms with E-state index in [1.165, 1.54) is 0 Å². The molecular weight excluding hydrogens is 502 g/mol. The largest absolute Gasteiger partial charge is 0.507 e. The molecule has 210 valence electrons. The van der Waals surface area contributed by atoms with E-state index >= 15 is 0 Å². The number of hydrogen-bond donors (Lipinski definition) is 2. The number of rotatable bonds is 9. The summed E-state index contributed by atoms with van der Waals surface area (Å²) in [5, 5.41) is 25.6. The van der Waals surface area contributed by atoms with Gasteiger partial charge in [0.15, 0.2) is 0 Å². The molecule has 1 atom stereocenters. The number of aromatic hydroxyl groups is 1. The van der Waals surface area contributed by atoms with Crippen LogP contribution in [-0.4, -0.2) is 47.8 Å². The molecule has 0 saturated heterocycles. The third kappa shape index (κ3) is 5.47. The van der Waals surface area contributed by atoms with Crippen molar-refractivity contribution >= 4 is 33.7 Å². The Labute approximate surface area is 236 Å². The summed E-state index contributed by atoms with van der Waals surface area (Å²) in [6, 6.07) is 20.7. The van der Waals surface area contributed by atoms with Gasteiger partial charge in [-0.25, -0.2) is 0 Å². The highest BCUT2D eigenvalue weighted by atomic mass is 16.5. The van der Waals surface area contributed by atoms with Crippen LogP contribution in [0.25, 0.3) is 32.7 Å². The van der Waals surface area contributed by atoms with Crippen molar-refractivity contribution in [3.05, 3.63) is 72.3 Å². The topological polar surface area (TPSA) is 88.4 Å². The molecule has 6 nitrogen and oxygen atoms in total. The quantitative estimate of drug-likeness (QED) is 0.132. The van der Waals surface area contributed by atoms with Crippen LogP contribution in [0.3, 0.4) is 0 Å². The Morgan fingerprint density at radius 3 is 2.10 bits per heavy atom. The van der Waals surface area contributed by atoms with Crippen molar-refractivity contribution in [3.8, 4) is 22.6 Å². The monoisotopic (exact) mass is 541 g/mol. The minimum Gasteiger partial charge on any atom is -0.507 e. The lowest BCUT2D eigenvalue weighted by molar-refractivity contribution is -0.142. The molecule has 0 heterocycles. The Kier molecular flexibility index (Phi) is 8.62. The zero-order valence-corrected chi connectivity index (χ0v) is 24.2. The van der Waals surface area contributed by atoms with Gasteiger partial charge < -0.3 is 19.7 Å². The van der Waals surface area contributed by atoms with E-state index in [-0.39, 0.29) is 18.3 Å². The van der Waals surface area contributed by atoms with Gasteiger partial charge in [-0.1, -0.05) is 68.4 Å². The van der Waals surface area contributed by atoms with Crippen molar-refractivity contribution in [2.24, 2.45) is 10.4 Å². The van der Waals surface area contributed by atoms with Gasteiger partial charge in [0.05, 0.1) is 17.6 Å². The van der Waals surface area contributed by atoms with Crippen LogP contribution in [0.5, 0.6) is 11.5 Å². The highest BCUT2D eigenvalue weighted by Crippen LogP contribution is 2.46. The summed E-state index contributed by atoms with van der Waals surface area (Å²) < 4.78 is 11.8. The summed E-state index contributed by atoms with van der Waals surface area (Å²) in [5.41, 5.74) is 0.340. The number of benzene rings is 4. The zero-order chi connectivity index (χ0) is 29.1. The van der Waals surface area contributed by atoms with Gasteiger partial charge in [-0.2, -0.15) is 0 Å². The van der Waals surface area contributed by atoms with Gasteiger partial charge in [0.25, 0.3) is 0 Å². The maximum atomic E-state index is 13.0. The van der Waals surface area contributed by atoms with Crippen LogP contribution in [-0.2, 0) is 9.53 Å². The molecule has 6 heteroatoms. The number of fused-ring (bicyclic) bond motifs is 2. The fourth-order valence-corrected chi connectivity index (χ4v) is 5.22.